The minimum absolute atomic E-state index is 0.0199. The molecule has 14 heavy (non-hydrogen) atoms. The maximum absolute atomic E-state index is 10.3. The largest absolute Gasteiger partial charge is 0.458 e. The Hall–Kier alpha value is -0.620. The summed E-state index contributed by atoms with van der Waals surface area (Å²) in [7, 11) is 0. The second kappa shape index (κ2) is 5.98. The first-order valence-electron chi connectivity index (χ1n) is 4.18. The van der Waals surface area contributed by atoms with Crippen molar-refractivity contribution in [2.24, 2.45) is 0 Å². The minimum atomic E-state index is -0.376. The van der Waals surface area contributed by atoms with Crippen LogP contribution in [0.2, 0.25) is 0 Å². The molecule has 0 saturated heterocycles. The normalized spacial score (nSPS) is 14.4. The van der Waals surface area contributed by atoms with Gasteiger partial charge in [-0.3, -0.25) is 4.79 Å². The fraction of sp³-hybridized carbons (Fsp3) is 0.300. The molecule has 0 unspecified atom stereocenters. The number of hydrogen-bond acceptors (Lipinski definition) is 3. The van der Waals surface area contributed by atoms with Gasteiger partial charge in [-0.2, -0.15) is 0 Å². The molecule has 0 saturated carbocycles. The third-order valence-corrected chi connectivity index (χ3v) is 2.88. The van der Waals surface area contributed by atoms with Crippen LogP contribution in [0.3, 0.4) is 0 Å². The van der Waals surface area contributed by atoms with Crippen molar-refractivity contribution in [3.8, 4) is 0 Å². The van der Waals surface area contributed by atoms with E-state index in [1.807, 2.05) is 30.3 Å². The third-order valence-electron chi connectivity index (χ3n) is 1.83. The summed E-state index contributed by atoms with van der Waals surface area (Å²) in [4.78, 5) is 10.3. The molecule has 2 atom stereocenters. The van der Waals surface area contributed by atoms with Crippen LogP contribution in [0.25, 0.3) is 0 Å². The van der Waals surface area contributed by atoms with Crippen LogP contribution in [0.5, 0.6) is 0 Å². The molecule has 1 rings (SSSR count). The van der Waals surface area contributed by atoms with Gasteiger partial charge in [-0.05, 0) is 5.56 Å². The highest BCUT2D eigenvalue weighted by Crippen LogP contribution is 2.25. The van der Waals surface area contributed by atoms with E-state index in [9.17, 15) is 4.79 Å². The van der Waals surface area contributed by atoms with Gasteiger partial charge < -0.3 is 9.84 Å². The monoisotopic (exact) mass is 306 g/mol. The van der Waals surface area contributed by atoms with E-state index in [0.717, 1.165) is 5.56 Å². The third kappa shape index (κ3) is 2.95. The van der Waals surface area contributed by atoms with Crippen molar-refractivity contribution in [3.05, 3.63) is 35.9 Å². The molecule has 0 fully saturated rings. The average molecular weight is 306 g/mol. The predicted octanol–water partition coefficient (Wildman–Crippen LogP) is 1.70. The van der Waals surface area contributed by atoms with Crippen LogP contribution in [-0.4, -0.2) is 22.1 Å². The van der Waals surface area contributed by atoms with Gasteiger partial charge in [0.15, 0.2) is 0 Å². The summed E-state index contributed by atoms with van der Waals surface area (Å²) in [5.41, 5.74) is 0.896. The van der Waals surface area contributed by atoms with E-state index < -0.39 is 0 Å². The van der Waals surface area contributed by atoms with E-state index >= 15 is 0 Å². The van der Waals surface area contributed by atoms with Gasteiger partial charge in [0, 0.05) is 0 Å². The highest BCUT2D eigenvalue weighted by molar-refractivity contribution is 14.1. The van der Waals surface area contributed by atoms with Crippen molar-refractivity contribution in [1.29, 1.82) is 0 Å². The molecule has 0 bridgehead atoms. The van der Waals surface area contributed by atoms with E-state index in [-0.39, 0.29) is 16.6 Å². The highest BCUT2D eigenvalue weighted by atomic mass is 127. The lowest BCUT2D eigenvalue weighted by molar-refractivity contribution is -0.134. The smallest absolute Gasteiger partial charge is 0.293 e. The fourth-order valence-corrected chi connectivity index (χ4v) is 1.76. The molecule has 76 valence electrons. The number of rotatable bonds is 5. The van der Waals surface area contributed by atoms with Crippen molar-refractivity contribution in [2.75, 3.05) is 6.61 Å². The zero-order valence-corrected chi connectivity index (χ0v) is 9.63. The standard InChI is InChI=1S/C10H11IO3/c11-9(6-12)10(14-7-13)8-4-2-1-3-5-8/h1-5,7,9-10,12H,6H2/t9-,10+/m1/s1. The molecule has 4 heteroatoms. The lowest BCUT2D eigenvalue weighted by atomic mass is 10.1. The zero-order valence-electron chi connectivity index (χ0n) is 7.47. The maximum Gasteiger partial charge on any atom is 0.293 e. The summed E-state index contributed by atoms with van der Waals surface area (Å²) in [5.74, 6) is 0. The van der Waals surface area contributed by atoms with Gasteiger partial charge in [-0.15, -0.1) is 0 Å². The molecule has 0 radical (unpaired) electrons. The molecule has 1 aromatic carbocycles. The highest BCUT2D eigenvalue weighted by Gasteiger charge is 2.20. The lowest BCUT2D eigenvalue weighted by Crippen LogP contribution is -2.18. The molecule has 0 spiro atoms. The summed E-state index contributed by atoms with van der Waals surface area (Å²) in [5, 5.41) is 8.99. The number of hydrogen-bond donors (Lipinski definition) is 1. The second-order valence-electron chi connectivity index (χ2n) is 2.76. The SMILES string of the molecule is O=CO[C@@H](c1ccccc1)[C@H](I)CO. The number of alkyl halides is 1. The molecule has 0 aliphatic carbocycles. The van der Waals surface area contributed by atoms with Crippen LogP contribution in [0.4, 0.5) is 0 Å². The maximum atomic E-state index is 10.3. The Morgan fingerprint density at radius 3 is 2.57 bits per heavy atom. The molecule has 1 N–H and O–H groups in total. The van der Waals surface area contributed by atoms with Gasteiger partial charge >= 0.3 is 0 Å². The summed E-state index contributed by atoms with van der Waals surface area (Å²) in [6, 6.07) is 9.38. The van der Waals surface area contributed by atoms with E-state index in [0.29, 0.717) is 6.47 Å². The van der Waals surface area contributed by atoms with Crippen molar-refractivity contribution in [3.63, 3.8) is 0 Å². The fourth-order valence-electron chi connectivity index (χ4n) is 1.17. The van der Waals surface area contributed by atoms with Crippen molar-refractivity contribution >= 4 is 29.1 Å². The zero-order chi connectivity index (χ0) is 10.4. The Morgan fingerprint density at radius 1 is 1.43 bits per heavy atom. The van der Waals surface area contributed by atoms with Crippen LogP contribution >= 0.6 is 22.6 Å². The van der Waals surface area contributed by atoms with Crippen LogP contribution < -0.4 is 0 Å². The number of carbonyl (C=O) groups excluding carboxylic acids is 1. The summed E-state index contributed by atoms with van der Waals surface area (Å²) < 4.78 is 4.81. The van der Waals surface area contributed by atoms with Crippen molar-refractivity contribution < 1.29 is 14.6 Å². The number of aliphatic hydroxyl groups is 1. The van der Waals surface area contributed by atoms with Crippen LogP contribution in [0, 0.1) is 0 Å². The average Bonchev–Trinajstić information content (AvgIpc) is 2.26. The van der Waals surface area contributed by atoms with Gasteiger partial charge in [0.1, 0.15) is 6.10 Å². The number of ether oxygens (including phenoxy) is 1. The molecule has 3 nitrogen and oxygen atoms in total. The quantitative estimate of drug-likeness (QED) is 0.512. The Kier molecular flexibility index (Phi) is 4.89. The van der Waals surface area contributed by atoms with E-state index in [1.54, 1.807) is 0 Å². The van der Waals surface area contributed by atoms with E-state index in [2.05, 4.69) is 22.6 Å². The molecule has 0 aromatic heterocycles. The first-order chi connectivity index (χ1) is 6.79. The van der Waals surface area contributed by atoms with Gasteiger partial charge in [-0.25, -0.2) is 0 Å². The number of aliphatic hydroxyl groups excluding tert-OH is 1. The summed E-state index contributed by atoms with van der Waals surface area (Å²) in [6.07, 6.45) is -0.376. The summed E-state index contributed by atoms with van der Waals surface area (Å²) in [6.45, 7) is 0.396. The van der Waals surface area contributed by atoms with E-state index in [4.69, 9.17) is 9.84 Å². The van der Waals surface area contributed by atoms with Crippen LogP contribution in [0.15, 0.2) is 30.3 Å². The molecule has 0 aliphatic heterocycles. The Labute approximate surface area is 96.2 Å². The number of halogens is 1. The molecule has 0 amide bonds. The van der Waals surface area contributed by atoms with Crippen molar-refractivity contribution in [1.82, 2.24) is 0 Å². The molecular formula is C10H11IO3. The Balaban J connectivity index is 2.82. The molecular weight excluding hydrogens is 295 g/mol. The van der Waals surface area contributed by atoms with Crippen molar-refractivity contribution in [2.45, 2.75) is 10.0 Å². The van der Waals surface area contributed by atoms with Gasteiger partial charge in [0.05, 0.1) is 10.5 Å². The van der Waals surface area contributed by atoms with Crippen LogP contribution in [-0.2, 0) is 9.53 Å². The molecule has 0 aliphatic rings. The number of benzene rings is 1. The first-order valence-corrected chi connectivity index (χ1v) is 5.43. The Morgan fingerprint density at radius 2 is 2.07 bits per heavy atom. The first kappa shape index (κ1) is 11.5. The van der Waals surface area contributed by atoms with Gasteiger partial charge in [0.2, 0.25) is 0 Å². The molecule has 0 heterocycles. The molecule has 1 aromatic rings. The van der Waals surface area contributed by atoms with Gasteiger partial charge in [0.25, 0.3) is 6.47 Å². The lowest BCUT2D eigenvalue weighted by Gasteiger charge is -2.19. The minimum Gasteiger partial charge on any atom is -0.458 e. The second-order valence-corrected chi connectivity index (χ2v) is 4.36. The van der Waals surface area contributed by atoms with E-state index in [1.165, 1.54) is 0 Å². The summed E-state index contributed by atoms with van der Waals surface area (Å²) >= 11 is 2.06. The van der Waals surface area contributed by atoms with Gasteiger partial charge in [-0.1, -0.05) is 52.9 Å². The Bertz CT molecular complexity index is 276. The van der Waals surface area contributed by atoms with Crippen LogP contribution in [0.1, 0.15) is 11.7 Å². The predicted molar refractivity (Wildman–Crippen MR) is 61.2 cm³/mol. The number of carbonyl (C=O) groups is 1. The topological polar surface area (TPSA) is 46.5 Å².